The fraction of sp³-hybridized carbons (Fsp3) is 1.00. The van der Waals surface area contributed by atoms with Crippen molar-refractivity contribution in [2.75, 3.05) is 0 Å². The molecule has 0 saturated heterocycles. The van der Waals surface area contributed by atoms with Crippen LogP contribution in [0.5, 0.6) is 0 Å². The molecular weight excluding hydrogens is 184 g/mol. The van der Waals surface area contributed by atoms with Crippen molar-refractivity contribution >= 4 is 0 Å². The summed E-state index contributed by atoms with van der Waals surface area (Å²) in [6.07, 6.45) is 10.4. The van der Waals surface area contributed by atoms with Crippen molar-refractivity contribution in [1.29, 1.82) is 0 Å². The monoisotopic (exact) mass is 212 g/mol. The van der Waals surface area contributed by atoms with Gasteiger partial charge in [0.1, 0.15) is 0 Å². The van der Waals surface area contributed by atoms with Crippen LogP contribution in [0.1, 0.15) is 65.2 Å². The molecule has 1 rings (SSSR count). The molecule has 1 aliphatic carbocycles. The van der Waals surface area contributed by atoms with E-state index >= 15 is 0 Å². The van der Waals surface area contributed by atoms with E-state index in [4.69, 9.17) is 5.73 Å². The van der Waals surface area contributed by atoms with Crippen molar-refractivity contribution in [3.63, 3.8) is 0 Å². The van der Waals surface area contributed by atoms with Gasteiger partial charge in [-0.2, -0.15) is 0 Å². The van der Waals surface area contributed by atoms with Crippen molar-refractivity contribution in [3.8, 4) is 0 Å². The van der Waals surface area contributed by atoms with Crippen LogP contribution in [-0.2, 0) is 0 Å². The molecule has 2 heteroatoms. The molecule has 0 spiro atoms. The lowest BCUT2D eigenvalue weighted by atomic mass is 9.91. The number of nitrogens with one attached hydrogen (secondary N) is 1. The van der Waals surface area contributed by atoms with Gasteiger partial charge in [0.25, 0.3) is 0 Å². The highest BCUT2D eigenvalue weighted by molar-refractivity contribution is 4.80. The lowest BCUT2D eigenvalue weighted by molar-refractivity contribution is 0.312. The second-order valence-electron chi connectivity index (χ2n) is 5.18. The molecule has 1 aliphatic rings. The summed E-state index contributed by atoms with van der Waals surface area (Å²) in [5.41, 5.74) is 5.90. The van der Waals surface area contributed by atoms with Gasteiger partial charge in [0, 0.05) is 18.1 Å². The summed E-state index contributed by atoms with van der Waals surface area (Å²) in [4.78, 5) is 0. The van der Waals surface area contributed by atoms with E-state index in [1.807, 2.05) is 0 Å². The van der Waals surface area contributed by atoms with E-state index < -0.39 is 0 Å². The number of hydrogen-bond acceptors (Lipinski definition) is 2. The first kappa shape index (κ1) is 13.0. The van der Waals surface area contributed by atoms with E-state index in [1.54, 1.807) is 0 Å². The second kappa shape index (κ2) is 7.24. The Bertz CT molecular complexity index is 151. The molecule has 0 heterocycles. The zero-order valence-electron chi connectivity index (χ0n) is 10.5. The second-order valence-corrected chi connectivity index (χ2v) is 5.18. The number of nitrogens with two attached hydrogens (primary N) is 1. The molecule has 0 aromatic carbocycles. The third-order valence-electron chi connectivity index (χ3n) is 3.53. The lowest BCUT2D eigenvalue weighted by Gasteiger charge is -2.29. The minimum Gasteiger partial charge on any atom is -0.328 e. The highest BCUT2D eigenvalue weighted by Gasteiger charge is 2.19. The summed E-state index contributed by atoms with van der Waals surface area (Å²) in [6, 6.07) is 1.90. The van der Waals surface area contributed by atoms with E-state index in [0.717, 1.165) is 6.04 Å². The number of rotatable bonds is 6. The standard InChI is InChI=1S/C13H28N2/c1-3-4-5-6-11(2)15-13-9-7-12(14)8-10-13/h11-13,15H,3-10,14H2,1-2H3. The van der Waals surface area contributed by atoms with E-state index in [1.165, 1.54) is 51.4 Å². The van der Waals surface area contributed by atoms with Gasteiger partial charge in [-0.15, -0.1) is 0 Å². The molecule has 0 bridgehead atoms. The quantitative estimate of drug-likeness (QED) is 0.664. The van der Waals surface area contributed by atoms with Gasteiger partial charge in [0.15, 0.2) is 0 Å². The van der Waals surface area contributed by atoms with Crippen LogP contribution in [-0.4, -0.2) is 18.1 Å². The van der Waals surface area contributed by atoms with Gasteiger partial charge in [0.2, 0.25) is 0 Å². The molecule has 3 N–H and O–H groups in total. The van der Waals surface area contributed by atoms with Gasteiger partial charge < -0.3 is 11.1 Å². The molecule has 0 aromatic rings. The summed E-state index contributed by atoms with van der Waals surface area (Å²) in [5.74, 6) is 0. The van der Waals surface area contributed by atoms with E-state index in [0.29, 0.717) is 12.1 Å². The van der Waals surface area contributed by atoms with E-state index in [9.17, 15) is 0 Å². The summed E-state index contributed by atoms with van der Waals surface area (Å²) in [6.45, 7) is 4.59. The normalized spacial score (nSPS) is 29.0. The van der Waals surface area contributed by atoms with Crippen LogP contribution in [0.2, 0.25) is 0 Å². The van der Waals surface area contributed by atoms with Crippen LogP contribution in [0.3, 0.4) is 0 Å². The molecule has 2 nitrogen and oxygen atoms in total. The summed E-state index contributed by atoms with van der Waals surface area (Å²) < 4.78 is 0. The molecule has 1 saturated carbocycles. The smallest absolute Gasteiger partial charge is 0.00706 e. The molecule has 0 radical (unpaired) electrons. The Kier molecular flexibility index (Phi) is 6.26. The van der Waals surface area contributed by atoms with Crippen LogP contribution in [0.15, 0.2) is 0 Å². The first-order valence-corrected chi connectivity index (χ1v) is 6.74. The van der Waals surface area contributed by atoms with E-state index in [2.05, 4.69) is 19.2 Å². The predicted octanol–water partition coefficient (Wildman–Crippen LogP) is 2.81. The molecule has 15 heavy (non-hydrogen) atoms. The Labute approximate surface area is 95.0 Å². The Morgan fingerprint density at radius 1 is 1.20 bits per heavy atom. The molecule has 1 unspecified atom stereocenters. The maximum absolute atomic E-state index is 5.90. The fourth-order valence-electron chi connectivity index (χ4n) is 2.47. The van der Waals surface area contributed by atoms with Gasteiger partial charge in [-0.25, -0.2) is 0 Å². The van der Waals surface area contributed by atoms with Crippen molar-refractivity contribution < 1.29 is 0 Å². The van der Waals surface area contributed by atoms with Crippen molar-refractivity contribution in [1.82, 2.24) is 5.32 Å². The molecule has 1 atom stereocenters. The topological polar surface area (TPSA) is 38.0 Å². The van der Waals surface area contributed by atoms with Crippen LogP contribution < -0.4 is 11.1 Å². The van der Waals surface area contributed by atoms with Gasteiger partial charge in [-0.1, -0.05) is 26.2 Å². The van der Waals surface area contributed by atoms with Crippen LogP contribution >= 0.6 is 0 Å². The van der Waals surface area contributed by atoms with E-state index in [-0.39, 0.29) is 0 Å². The molecule has 1 fully saturated rings. The van der Waals surface area contributed by atoms with Crippen LogP contribution in [0.25, 0.3) is 0 Å². The largest absolute Gasteiger partial charge is 0.328 e. The zero-order valence-corrected chi connectivity index (χ0v) is 10.5. The van der Waals surface area contributed by atoms with Gasteiger partial charge in [-0.3, -0.25) is 0 Å². The summed E-state index contributed by atoms with van der Waals surface area (Å²) >= 11 is 0. The third kappa shape index (κ3) is 5.53. The Morgan fingerprint density at radius 2 is 1.87 bits per heavy atom. The number of hydrogen-bond donors (Lipinski definition) is 2. The van der Waals surface area contributed by atoms with Gasteiger partial charge in [0.05, 0.1) is 0 Å². The highest BCUT2D eigenvalue weighted by Crippen LogP contribution is 2.18. The van der Waals surface area contributed by atoms with Crippen molar-refractivity contribution in [2.24, 2.45) is 5.73 Å². The maximum Gasteiger partial charge on any atom is 0.00706 e. The maximum atomic E-state index is 5.90. The Morgan fingerprint density at radius 3 is 2.47 bits per heavy atom. The molecule has 0 aromatic heterocycles. The minimum atomic E-state index is 0.471. The first-order chi connectivity index (χ1) is 7.22. The SMILES string of the molecule is CCCCCC(C)NC1CCC(N)CC1. The van der Waals surface area contributed by atoms with Gasteiger partial charge in [-0.05, 0) is 39.0 Å². The van der Waals surface area contributed by atoms with Crippen LogP contribution in [0.4, 0.5) is 0 Å². The zero-order chi connectivity index (χ0) is 11.1. The highest BCUT2D eigenvalue weighted by atomic mass is 14.9. The van der Waals surface area contributed by atoms with Crippen LogP contribution in [0, 0.1) is 0 Å². The van der Waals surface area contributed by atoms with Crippen molar-refractivity contribution in [3.05, 3.63) is 0 Å². The molecule has 0 aliphatic heterocycles. The lowest BCUT2D eigenvalue weighted by Crippen LogP contribution is -2.41. The third-order valence-corrected chi connectivity index (χ3v) is 3.53. The summed E-state index contributed by atoms with van der Waals surface area (Å²) in [7, 11) is 0. The number of unbranched alkanes of at least 4 members (excludes halogenated alkanes) is 2. The average molecular weight is 212 g/mol. The predicted molar refractivity (Wildman–Crippen MR) is 67.0 cm³/mol. The molecule has 0 amide bonds. The fourth-order valence-corrected chi connectivity index (χ4v) is 2.47. The summed E-state index contributed by atoms with van der Waals surface area (Å²) in [5, 5.41) is 3.74. The minimum absolute atomic E-state index is 0.471. The Hall–Kier alpha value is -0.0800. The van der Waals surface area contributed by atoms with Gasteiger partial charge >= 0.3 is 0 Å². The Balaban J connectivity index is 2.06. The average Bonchev–Trinajstić information content (AvgIpc) is 2.22. The molecular formula is C13H28N2. The van der Waals surface area contributed by atoms with Crippen molar-refractivity contribution in [2.45, 2.75) is 83.3 Å². The first-order valence-electron chi connectivity index (χ1n) is 6.74. The molecule has 90 valence electrons.